The number of rotatable bonds is 6. The largest absolute Gasteiger partial charge is 0.396 e. The summed E-state index contributed by atoms with van der Waals surface area (Å²) in [5.74, 6) is -0.877. The van der Waals surface area contributed by atoms with E-state index in [1.807, 2.05) is 42.5 Å². The topological polar surface area (TPSA) is 81.1 Å². The van der Waals surface area contributed by atoms with Gasteiger partial charge >= 0.3 is 0 Å². The van der Waals surface area contributed by atoms with E-state index in [1.165, 1.54) is 0 Å². The van der Waals surface area contributed by atoms with E-state index in [9.17, 15) is 14.7 Å². The second-order valence-electron chi connectivity index (χ2n) is 8.18. The van der Waals surface area contributed by atoms with Crippen molar-refractivity contribution < 1.29 is 19.8 Å². The summed E-state index contributed by atoms with van der Waals surface area (Å²) in [4.78, 5) is 29.4. The molecule has 0 radical (unpaired) electrons. The fraction of sp³-hybridized carbons (Fsp3) is 0.360. The van der Waals surface area contributed by atoms with Crippen molar-refractivity contribution in [3.8, 4) is 0 Å². The van der Waals surface area contributed by atoms with Gasteiger partial charge in [0.2, 0.25) is 5.91 Å². The number of anilines is 3. The van der Waals surface area contributed by atoms with Crippen LogP contribution in [0.15, 0.2) is 60.7 Å². The second-order valence-corrected chi connectivity index (χ2v) is 8.18. The molecular formula is C25H28N2O4. The zero-order valence-electron chi connectivity index (χ0n) is 17.7. The first-order valence-corrected chi connectivity index (χ1v) is 10.8. The molecule has 2 aromatic carbocycles. The minimum absolute atomic E-state index is 0.00351. The quantitative estimate of drug-likeness (QED) is 0.699. The summed E-state index contributed by atoms with van der Waals surface area (Å²) >= 11 is 0. The molecule has 1 saturated heterocycles. The summed E-state index contributed by atoms with van der Waals surface area (Å²) in [5.41, 5.74) is 0.730. The van der Waals surface area contributed by atoms with Crippen LogP contribution in [0.25, 0.3) is 0 Å². The van der Waals surface area contributed by atoms with Crippen LogP contribution < -0.4 is 9.80 Å². The van der Waals surface area contributed by atoms with E-state index in [4.69, 9.17) is 5.11 Å². The highest BCUT2D eigenvalue weighted by molar-refractivity contribution is 6.12. The van der Waals surface area contributed by atoms with Gasteiger partial charge in [0, 0.05) is 42.4 Å². The van der Waals surface area contributed by atoms with Crippen LogP contribution in [0.1, 0.15) is 38.2 Å². The number of aliphatic hydroxyl groups is 2. The summed E-state index contributed by atoms with van der Waals surface area (Å²) in [6.07, 6.45) is 6.33. The fourth-order valence-corrected chi connectivity index (χ4v) is 4.45. The van der Waals surface area contributed by atoms with Crippen molar-refractivity contribution >= 4 is 28.9 Å². The molecule has 2 aromatic rings. The molecule has 4 rings (SSSR count). The lowest BCUT2D eigenvalue weighted by Gasteiger charge is -2.30. The number of piperidine rings is 1. The first-order valence-electron chi connectivity index (χ1n) is 10.8. The number of para-hydroxylation sites is 1. The molecule has 2 aliphatic heterocycles. The lowest BCUT2D eigenvalue weighted by Crippen LogP contribution is -2.43. The van der Waals surface area contributed by atoms with Crippen LogP contribution in [0.2, 0.25) is 0 Å². The normalized spacial score (nSPS) is 22.3. The molecule has 2 atom stereocenters. The van der Waals surface area contributed by atoms with Crippen molar-refractivity contribution in [1.29, 1.82) is 0 Å². The lowest BCUT2D eigenvalue weighted by molar-refractivity contribution is -0.138. The maximum absolute atomic E-state index is 13.6. The predicted octanol–water partition coefficient (Wildman–Crippen LogP) is 3.64. The molecule has 2 aliphatic rings. The van der Waals surface area contributed by atoms with Crippen molar-refractivity contribution in [2.24, 2.45) is 5.92 Å². The van der Waals surface area contributed by atoms with Gasteiger partial charge in [-0.15, -0.1) is 0 Å². The monoisotopic (exact) mass is 420 g/mol. The van der Waals surface area contributed by atoms with Crippen molar-refractivity contribution in [2.75, 3.05) is 23.0 Å². The van der Waals surface area contributed by atoms with Crippen LogP contribution >= 0.6 is 0 Å². The standard InChI is InChI=1S/C25H28N2O4/c1-18(9-6-8-16-28)25(31)21-17-20(26-15-7-5-12-23(26)29)13-14-22(21)27(24(25)30)19-10-3-2-4-11-19/h2-4,6,9-11,13-14,17-18,28,31H,5,7-8,12,15-16H2,1H3/b9-6+/t18-,25+/m1/s1. The van der Waals surface area contributed by atoms with Crippen LogP contribution in [0.3, 0.4) is 0 Å². The molecular weight excluding hydrogens is 392 g/mol. The number of benzene rings is 2. The molecule has 0 aromatic heterocycles. The van der Waals surface area contributed by atoms with Gasteiger partial charge in [-0.05, 0) is 49.6 Å². The maximum atomic E-state index is 13.6. The average Bonchev–Trinajstić information content (AvgIpc) is 3.02. The SMILES string of the molecule is C[C@H](/C=C/CCO)[C@@]1(O)C(=O)N(c2ccccc2)c2ccc(N3CCCCC3=O)cc21. The van der Waals surface area contributed by atoms with Crippen molar-refractivity contribution in [3.63, 3.8) is 0 Å². The Hall–Kier alpha value is -2.96. The van der Waals surface area contributed by atoms with Crippen molar-refractivity contribution in [1.82, 2.24) is 0 Å². The van der Waals surface area contributed by atoms with Gasteiger partial charge in [0.25, 0.3) is 5.91 Å². The highest BCUT2D eigenvalue weighted by atomic mass is 16.3. The van der Waals surface area contributed by atoms with Crippen LogP contribution in [0.4, 0.5) is 17.1 Å². The summed E-state index contributed by atoms with van der Waals surface area (Å²) in [5, 5.41) is 20.9. The molecule has 2 amide bonds. The van der Waals surface area contributed by atoms with Gasteiger partial charge in [-0.1, -0.05) is 37.3 Å². The fourth-order valence-electron chi connectivity index (χ4n) is 4.45. The number of nitrogens with zero attached hydrogens (tertiary/aromatic N) is 2. The van der Waals surface area contributed by atoms with E-state index in [1.54, 1.807) is 34.9 Å². The molecule has 31 heavy (non-hydrogen) atoms. The number of aliphatic hydroxyl groups excluding tert-OH is 1. The number of hydrogen-bond donors (Lipinski definition) is 2. The van der Waals surface area contributed by atoms with Crippen molar-refractivity contribution in [3.05, 3.63) is 66.2 Å². The Balaban J connectivity index is 1.83. The molecule has 0 bridgehead atoms. The van der Waals surface area contributed by atoms with E-state index >= 15 is 0 Å². The average molecular weight is 421 g/mol. The summed E-state index contributed by atoms with van der Waals surface area (Å²) < 4.78 is 0. The van der Waals surface area contributed by atoms with Gasteiger partial charge in [-0.3, -0.25) is 14.5 Å². The molecule has 0 spiro atoms. The smallest absolute Gasteiger partial charge is 0.268 e. The number of carbonyl (C=O) groups excluding carboxylic acids is 2. The highest BCUT2D eigenvalue weighted by Gasteiger charge is 2.53. The van der Waals surface area contributed by atoms with Crippen LogP contribution in [0, 0.1) is 5.92 Å². The Bertz CT molecular complexity index is 1000. The molecule has 162 valence electrons. The minimum Gasteiger partial charge on any atom is -0.396 e. The number of carbonyl (C=O) groups is 2. The third kappa shape index (κ3) is 3.66. The van der Waals surface area contributed by atoms with E-state index in [0.717, 1.165) is 12.8 Å². The zero-order chi connectivity index (χ0) is 22.0. The number of fused-ring (bicyclic) bond motifs is 1. The van der Waals surface area contributed by atoms with E-state index in [-0.39, 0.29) is 12.5 Å². The molecule has 6 nitrogen and oxygen atoms in total. The van der Waals surface area contributed by atoms with E-state index in [2.05, 4.69) is 0 Å². The Morgan fingerprint density at radius 1 is 1.10 bits per heavy atom. The van der Waals surface area contributed by atoms with Gasteiger partial charge < -0.3 is 15.1 Å². The van der Waals surface area contributed by atoms with Crippen LogP contribution in [-0.4, -0.2) is 35.2 Å². The maximum Gasteiger partial charge on any atom is 0.268 e. The zero-order valence-corrected chi connectivity index (χ0v) is 17.7. The first kappa shape index (κ1) is 21.3. The Kier molecular flexibility index (Phi) is 5.94. The second kappa shape index (κ2) is 8.65. The number of hydrogen-bond acceptors (Lipinski definition) is 4. The van der Waals surface area contributed by atoms with Gasteiger partial charge in [0.15, 0.2) is 5.60 Å². The van der Waals surface area contributed by atoms with Crippen LogP contribution in [0.5, 0.6) is 0 Å². The predicted molar refractivity (Wildman–Crippen MR) is 120 cm³/mol. The molecule has 0 unspecified atom stereocenters. The van der Waals surface area contributed by atoms with E-state index in [0.29, 0.717) is 42.0 Å². The summed E-state index contributed by atoms with van der Waals surface area (Å²) in [7, 11) is 0. The van der Waals surface area contributed by atoms with Gasteiger partial charge in [0.1, 0.15) is 0 Å². The molecule has 0 saturated carbocycles. The van der Waals surface area contributed by atoms with Gasteiger partial charge in [0.05, 0.1) is 5.69 Å². The molecule has 2 heterocycles. The molecule has 1 fully saturated rings. The lowest BCUT2D eigenvalue weighted by atomic mass is 9.82. The Morgan fingerprint density at radius 3 is 2.58 bits per heavy atom. The van der Waals surface area contributed by atoms with Crippen molar-refractivity contribution in [2.45, 2.75) is 38.2 Å². The first-order chi connectivity index (χ1) is 15.0. The summed E-state index contributed by atoms with van der Waals surface area (Å²) in [6.45, 7) is 2.44. The van der Waals surface area contributed by atoms with Gasteiger partial charge in [-0.25, -0.2) is 0 Å². The Morgan fingerprint density at radius 2 is 1.87 bits per heavy atom. The highest BCUT2D eigenvalue weighted by Crippen LogP contribution is 2.49. The minimum atomic E-state index is -1.77. The summed E-state index contributed by atoms with van der Waals surface area (Å²) in [6, 6.07) is 14.7. The van der Waals surface area contributed by atoms with Crippen LogP contribution in [-0.2, 0) is 15.2 Å². The third-order valence-corrected chi connectivity index (χ3v) is 6.19. The van der Waals surface area contributed by atoms with Gasteiger partial charge in [-0.2, -0.15) is 0 Å². The van der Waals surface area contributed by atoms with E-state index < -0.39 is 17.4 Å². The molecule has 0 aliphatic carbocycles. The third-order valence-electron chi connectivity index (χ3n) is 6.19. The Labute approximate surface area is 182 Å². The molecule has 2 N–H and O–H groups in total. The molecule has 6 heteroatoms. The number of amides is 2.